The molecule has 0 saturated carbocycles. The topological polar surface area (TPSA) is 40.6 Å². The van der Waals surface area contributed by atoms with Crippen molar-refractivity contribution >= 4 is 33.0 Å². The molecule has 0 bridgehead atoms. The summed E-state index contributed by atoms with van der Waals surface area (Å²) in [4.78, 5) is 7.61. The Morgan fingerprint density at radius 3 is 2.44 bits per heavy atom. The van der Waals surface area contributed by atoms with E-state index in [-0.39, 0.29) is 0 Å². The number of fused-ring (bicyclic) bond motifs is 2. The minimum atomic E-state index is -3.22. The van der Waals surface area contributed by atoms with E-state index in [0.717, 1.165) is 30.1 Å². The van der Waals surface area contributed by atoms with Crippen LogP contribution in [0.1, 0.15) is 25.7 Å². The quantitative estimate of drug-likeness (QED) is 0.733. The highest BCUT2D eigenvalue weighted by molar-refractivity contribution is 7.99. The molecule has 0 N–H and O–H groups in total. The highest BCUT2D eigenvalue weighted by atomic mass is 32.2. The summed E-state index contributed by atoms with van der Waals surface area (Å²) in [5.74, 6) is 0. The summed E-state index contributed by atoms with van der Waals surface area (Å²) in [6, 6.07) is 13.9. The molecule has 2 aliphatic rings. The van der Waals surface area contributed by atoms with Crippen molar-refractivity contribution in [1.82, 2.24) is 4.90 Å². The van der Waals surface area contributed by atoms with Gasteiger partial charge in [0.2, 0.25) is 0 Å². The number of sulfone groups is 1. The Morgan fingerprint density at radius 2 is 1.67 bits per heavy atom. The van der Waals surface area contributed by atoms with Crippen LogP contribution in [-0.2, 0) is 9.84 Å². The van der Waals surface area contributed by atoms with Crippen molar-refractivity contribution in [3.63, 3.8) is 0 Å². The Labute approximate surface area is 166 Å². The van der Waals surface area contributed by atoms with Gasteiger partial charge in [-0.25, -0.2) is 8.42 Å². The second-order valence-electron chi connectivity index (χ2n) is 7.38. The van der Waals surface area contributed by atoms with Gasteiger partial charge in [0, 0.05) is 22.6 Å². The number of hydrogen-bond donors (Lipinski definition) is 0. The standard InChI is InChI=1S/C21H26N2O2S2/c1-27(24,25)17-10-11-21-19(16-17)23(18-8-3-4-9-20(18)26-21)15-7-14-22-12-5-2-6-13-22/h3-4,8-11,16H,2,5-7,12-15H2,1H3. The van der Waals surface area contributed by atoms with Gasteiger partial charge in [0.05, 0.1) is 16.3 Å². The molecular formula is C21H26N2O2S2. The van der Waals surface area contributed by atoms with Crippen molar-refractivity contribution in [2.24, 2.45) is 0 Å². The highest BCUT2D eigenvalue weighted by Crippen LogP contribution is 2.48. The first-order valence-electron chi connectivity index (χ1n) is 9.63. The van der Waals surface area contributed by atoms with E-state index in [4.69, 9.17) is 0 Å². The van der Waals surface area contributed by atoms with Crippen molar-refractivity contribution in [2.75, 3.05) is 37.3 Å². The van der Waals surface area contributed by atoms with Crippen LogP contribution in [-0.4, -0.2) is 45.8 Å². The van der Waals surface area contributed by atoms with Crippen LogP contribution in [0, 0.1) is 0 Å². The van der Waals surface area contributed by atoms with Gasteiger partial charge in [0.25, 0.3) is 0 Å². The number of nitrogens with zero attached hydrogens (tertiary/aromatic N) is 2. The molecule has 2 aromatic rings. The lowest BCUT2D eigenvalue weighted by Crippen LogP contribution is -2.33. The number of anilines is 2. The molecular weight excluding hydrogens is 376 g/mol. The summed E-state index contributed by atoms with van der Waals surface area (Å²) in [5.41, 5.74) is 2.19. The van der Waals surface area contributed by atoms with Crippen LogP contribution in [0.4, 0.5) is 11.4 Å². The van der Waals surface area contributed by atoms with Gasteiger partial charge in [-0.3, -0.25) is 0 Å². The molecule has 0 spiro atoms. The number of benzene rings is 2. The van der Waals surface area contributed by atoms with E-state index in [1.807, 2.05) is 12.1 Å². The summed E-state index contributed by atoms with van der Waals surface area (Å²) >= 11 is 1.72. The first-order chi connectivity index (χ1) is 13.0. The molecule has 4 rings (SSSR count). The van der Waals surface area contributed by atoms with E-state index in [1.54, 1.807) is 17.8 Å². The van der Waals surface area contributed by atoms with Crippen molar-refractivity contribution in [3.8, 4) is 0 Å². The maximum absolute atomic E-state index is 12.1. The fourth-order valence-electron chi connectivity index (χ4n) is 3.92. The second kappa shape index (κ2) is 7.86. The largest absolute Gasteiger partial charge is 0.340 e. The van der Waals surface area contributed by atoms with E-state index in [0.29, 0.717) is 4.90 Å². The third-order valence-corrected chi connectivity index (χ3v) is 7.57. The molecule has 6 heteroatoms. The average molecular weight is 403 g/mol. The normalized spacial score (nSPS) is 17.4. The van der Waals surface area contributed by atoms with E-state index in [1.165, 1.54) is 49.2 Å². The monoisotopic (exact) mass is 402 g/mol. The van der Waals surface area contributed by atoms with Crippen LogP contribution < -0.4 is 4.90 Å². The summed E-state index contributed by atoms with van der Waals surface area (Å²) in [6.45, 7) is 4.42. The van der Waals surface area contributed by atoms with E-state index in [9.17, 15) is 8.42 Å². The van der Waals surface area contributed by atoms with Gasteiger partial charge in [-0.1, -0.05) is 30.3 Å². The summed E-state index contributed by atoms with van der Waals surface area (Å²) in [5, 5.41) is 0. The summed E-state index contributed by atoms with van der Waals surface area (Å²) in [7, 11) is -3.22. The Morgan fingerprint density at radius 1 is 0.926 bits per heavy atom. The summed E-state index contributed by atoms with van der Waals surface area (Å²) in [6.07, 6.45) is 6.32. The van der Waals surface area contributed by atoms with Gasteiger partial charge in [-0.15, -0.1) is 0 Å². The third kappa shape index (κ3) is 4.18. The van der Waals surface area contributed by atoms with E-state index < -0.39 is 9.84 Å². The third-order valence-electron chi connectivity index (χ3n) is 5.33. The first-order valence-corrected chi connectivity index (χ1v) is 12.3. The second-order valence-corrected chi connectivity index (χ2v) is 10.5. The average Bonchev–Trinajstić information content (AvgIpc) is 2.67. The van der Waals surface area contributed by atoms with Gasteiger partial charge < -0.3 is 9.80 Å². The van der Waals surface area contributed by atoms with Crippen LogP contribution in [0.2, 0.25) is 0 Å². The van der Waals surface area contributed by atoms with E-state index >= 15 is 0 Å². The molecule has 2 heterocycles. The molecule has 0 amide bonds. The fraction of sp³-hybridized carbons (Fsp3) is 0.429. The molecule has 144 valence electrons. The minimum Gasteiger partial charge on any atom is -0.340 e. The first kappa shape index (κ1) is 18.8. The molecule has 2 aliphatic heterocycles. The zero-order valence-corrected chi connectivity index (χ0v) is 17.4. The number of likely N-dealkylation sites (tertiary alicyclic amines) is 1. The Kier molecular flexibility index (Phi) is 5.48. The molecule has 1 fully saturated rings. The maximum atomic E-state index is 12.1. The van der Waals surface area contributed by atoms with Gasteiger partial charge in [0.15, 0.2) is 9.84 Å². The zero-order valence-electron chi connectivity index (χ0n) is 15.7. The maximum Gasteiger partial charge on any atom is 0.175 e. The number of hydrogen-bond acceptors (Lipinski definition) is 5. The highest BCUT2D eigenvalue weighted by Gasteiger charge is 2.24. The molecule has 0 radical (unpaired) electrons. The van der Waals surface area contributed by atoms with Crippen molar-refractivity contribution in [3.05, 3.63) is 42.5 Å². The molecule has 4 nitrogen and oxygen atoms in total. The van der Waals surface area contributed by atoms with Crippen LogP contribution in [0.3, 0.4) is 0 Å². The molecule has 0 unspecified atom stereocenters. The molecule has 2 aromatic carbocycles. The Hall–Kier alpha value is -1.50. The summed E-state index contributed by atoms with van der Waals surface area (Å²) < 4.78 is 24.1. The Bertz CT molecular complexity index is 922. The van der Waals surface area contributed by atoms with Crippen LogP contribution in [0.15, 0.2) is 57.2 Å². The predicted molar refractivity (Wildman–Crippen MR) is 112 cm³/mol. The predicted octanol–water partition coefficient (Wildman–Crippen LogP) is 4.57. The van der Waals surface area contributed by atoms with E-state index in [2.05, 4.69) is 34.1 Å². The van der Waals surface area contributed by atoms with Crippen molar-refractivity contribution in [2.45, 2.75) is 40.4 Å². The Balaban J connectivity index is 1.60. The molecule has 0 atom stereocenters. The van der Waals surface area contributed by atoms with Gasteiger partial charge in [-0.05, 0) is 69.2 Å². The zero-order chi connectivity index (χ0) is 18.9. The number of rotatable bonds is 5. The number of piperidine rings is 1. The van der Waals surface area contributed by atoms with Crippen LogP contribution >= 0.6 is 11.8 Å². The van der Waals surface area contributed by atoms with Crippen molar-refractivity contribution < 1.29 is 8.42 Å². The van der Waals surface area contributed by atoms with Crippen molar-refractivity contribution in [1.29, 1.82) is 0 Å². The lowest BCUT2D eigenvalue weighted by Gasteiger charge is -2.34. The molecule has 0 aromatic heterocycles. The molecule has 27 heavy (non-hydrogen) atoms. The minimum absolute atomic E-state index is 0.391. The SMILES string of the molecule is CS(=O)(=O)c1ccc2c(c1)N(CCCN1CCCCC1)c1ccccc1S2. The van der Waals surface area contributed by atoms with Crippen LogP contribution in [0.25, 0.3) is 0 Å². The lowest BCUT2D eigenvalue weighted by atomic mass is 10.1. The van der Waals surface area contributed by atoms with Gasteiger partial charge in [0.1, 0.15) is 0 Å². The number of para-hydroxylation sites is 1. The molecule has 1 saturated heterocycles. The van der Waals surface area contributed by atoms with Gasteiger partial charge >= 0.3 is 0 Å². The molecule has 0 aliphatic carbocycles. The van der Waals surface area contributed by atoms with Gasteiger partial charge in [-0.2, -0.15) is 0 Å². The smallest absolute Gasteiger partial charge is 0.175 e. The van der Waals surface area contributed by atoms with Crippen LogP contribution in [0.5, 0.6) is 0 Å². The fourth-order valence-corrected chi connectivity index (χ4v) is 5.63. The lowest BCUT2D eigenvalue weighted by molar-refractivity contribution is 0.227.